The van der Waals surface area contributed by atoms with Gasteiger partial charge < -0.3 is 4.74 Å². The summed E-state index contributed by atoms with van der Waals surface area (Å²) >= 11 is 0. The molecular formula is C25H33NO3S. The van der Waals surface area contributed by atoms with Gasteiger partial charge in [-0.15, -0.1) is 0 Å². The lowest BCUT2D eigenvalue weighted by molar-refractivity contribution is -0.0262. The molecule has 3 unspecified atom stereocenters. The van der Waals surface area contributed by atoms with Crippen molar-refractivity contribution in [2.24, 2.45) is 16.7 Å². The third-order valence-corrected chi connectivity index (χ3v) is 9.85. The van der Waals surface area contributed by atoms with Crippen LogP contribution >= 0.6 is 0 Å². The van der Waals surface area contributed by atoms with Crippen molar-refractivity contribution in [1.29, 1.82) is 0 Å². The van der Waals surface area contributed by atoms with Crippen LogP contribution in [0.25, 0.3) is 0 Å². The number of hydrogen-bond acceptors (Lipinski definition) is 3. The highest BCUT2D eigenvalue weighted by atomic mass is 32.2. The van der Waals surface area contributed by atoms with E-state index in [0.717, 1.165) is 29.7 Å². The molecule has 0 spiro atoms. The van der Waals surface area contributed by atoms with Crippen LogP contribution in [-0.2, 0) is 14.8 Å². The summed E-state index contributed by atoms with van der Waals surface area (Å²) in [7, 11) is -2.03. The van der Waals surface area contributed by atoms with Gasteiger partial charge >= 0.3 is 0 Å². The topological polar surface area (TPSA) is 46.6 Å². The minimum atomic E-state index is -3.76. The highest BCUT2D eigenvalue weighted by molar-refractivity contribution is 7.92. The summed E-state index contributed by atoms with van der Waals surface area (Å²) < 4.78 is 35.9. The Kier molecular flexibility index (Phi) is 5.06. The Bertz CT molecular complexity index is 1030. The van der Waals surface area contributed by atoms with Crippen LogP contribution in [0, 0.1) is 30.6 Å². The molecule has 30 heavy (non-hydrogen) atoms. The number of ether oxygens (including phenoxy) is 1. The summed E-state index contributed by atoms with van der Waals surface area (Å²) in [4.78, 5) is 0.324. The number of rotatable bonds is 5. The van der Waals surface area contributed by atoms with Crippen molar-refractivity contribution in [3.8, 4) is 0 Å². The van der Waals surface area contributed by atoms with Crippen molar-refractivity contribution >= 4 is 15.7 Å². The zero-order valence-electron chi connectivity index (χ0n) is 18.8. The van der Waals surface area contributed by atoms with E-state index in [0.29, 0.717) is 4.90 Å². The fourth-order valence-electron chi connectivity index (χ4n) is 6.20. The standard InChI is InChI=1S/C25H33NO3S/c1-17-14-18(2)16-19(15-17)26(30(27,28)20-10-8-7-9-11-20)22-21-12-13-25(5,23(22)29-6)24(21,3)4/h7-11,14-16,21-23H,12-13H2,1-6H3/t21?,22?,23?,25-/m0/s1. The van der Waals surface area contributed by atoms with Gasteiger partial charge in [-0.05, 0) is 73.4 Å². The van der Waals surface area contributed by atoms with Gasteiger partial charge in [-0.2, -0.15) is 0 Å². The molecular weight excluding hydrogens is 394 g/mol. The molecule has 2 aromatic rings. The number of nitrogens with zero attached hydrogens (tertiary/aromatic N) is 1. The first-order valence-electron chi connectivity index (χ1n) is 10.7. The average Bonchev–Trinajstić information content (AvgIpc) is 2.99. The highest BCUT2D eigenvalue weighted by Gasteiger charge is 2.69. The van der Waals surface area contributed by atoms with Gasteiger partial charge in [0.1, 0.15) is 0 Å². The predicted octanol–water partition coefficient (Wildman–Crippen LogP) is 5.34. The van der Waals surface area contributed by atoms with Crippen LogP contribution in [0.4, 0.5) is 5.69 Å². The summed E-state index contributed by atoms with van der Waals surface area (Å²) in [6, 6.07) is 14.6. The van der Waals surface area contributed by atoms with Crippen molar-refractivity contribution in [3.05, 3.63) is 59.7 Å². The molecule has 2 aliphatic rings. The van der Waals surface area contributed by atoms with Crippen molar-refractivity contribution in [3.63, 3.8) is 0 Å². The molecule has 2 saturated carbocycles. The maximum Gasteiger partial charge on any atom is 0.264 e. The SMILES string of the molecule is COC1C(N(c2cc(C)cc(C)c2)S(=O)(=O)c2ccccc2)C2CC[C@]1(C)C2(C)C. The Morgan fingerprint density at radius 3 is 2.17 bits per heavy atom. The van der Waals surface area contributed by atoms with E-state index in [4.69, 9.17) is 4.74 Å². The van der Waals surface area contributed by atoms with Crippen molar-refractivity contribution in [1.82, 2.24) is 0 Å². The van der Waals surface area contributed by atoms with Crippen LogP contribution in [0.15, 0.2) is 53.4 Å². The van der Waals surface area contributed by atoms with E-state index in [1.54, 1.807) is 35.7 Å². The molecule has 0 saturated heterocycles. The molecule has 4 nitrogen and oxygen atoms in total. The fourth-order valence-corrected chi connectivity index (χ4v) is 7.89. The number of methoxy groups -OCH3 is 1. The fraction of sp³-hybridized carbons (Fsp3) is 0.520. The number of aryl methyl sites for hydroxylation is 2. The molecule has 0 amide bonds. The lowest BCUT2D eigenvalue weighted by atomic mass is 9.70. The molecule has 4 rings (SSSR count). The molecule has 162 valence electrons. The van der Waals surface area contributed by atoms with Crippen LogP contribution in [0.5, 0.6) is 0 Å². The average molecular weight is 428 g/mol. The van der Waals surface area contributed by atoms with E-state index in [1.807, 2.05) is 32.0 Å². The van der Waals surface area contributed by atoms with Gasteiger partial charge in [-0.25, -0.2) is 8.42 Å². The molecule has 5 heteroatoms. The first-order valence-corrected chi connectivity index (χ1v) is 12.2. The van der Waals surface area contributed by atoms with E-state index < -0.39 is 10.0 Å². The molecule has 2 aliphatic carbocycles. The molecule has 4 atom stereocenters. The Morgan fingerprint density at radius 2 is 1.60 bits per heavy atom. The molecule has 2 fully saturated rings. The maximum absolute atomic E-state index is 14.1. The van der Waals surface area contributed by atoms with Crippen LogP contribution in [0.2, 0.25) is 0 Å². The Labute approximate surface area is 181 Å². The second-order valence-electron chi connectivity index (χ2n) is 9.89. The van der Waals surface area contributed by atoms with Crippen LogP contribution in [0.3, 0.4) is 0 Å². The normalized spacial score (nSPS) is 29.9. The molecule has 0 heterocycles. The second kappa shape index (κ2) is 7.10. The molecule has 0 aliphatic heterocycles. The van der Waals surface area contributed by atoms with Gasteiger partial charge in [-0.1, -0.05) is 45.0 Å². The minimum absolute atomic E-state index is 0.0122. The van der Waals surface area contributed by atoms with E-state index in [2.05, 4.69) is 26.8 Å². The molecule has 0 N–H and O–H groups in total. The zero-order chi connectivity index (χ0) is 21.9. The Balaban J connectivity index is 1.95. The first kappa shape index (κ1) is 21.4. The first-order chi connectivity index (χ1) is 14.0. The van der Waals surface area contributed by atoms with Gasteiger partial charge in [-0.3, -0.25) is 4.31 Å². The summed E-state index contributed by atoms with van der Waals surface area (Å²) in [6.07, 6.45) is 1.91. The van der Waals surface area contributed by atoms with Gasteiger partial charge in [0, 0.05) is 12.5 Å². The molecule has 0 aromatic heterocycles. The Hall–Kier alpha value is -1.85. The minimum Gasteiger partial charge on any atom is -0.379 e. The maximum atomic E-state index is 14.1. The van der Waals surface area contributed by atoms with E-state index in [9.17, 15) is 8.42 Å². The van der Waals surface area contributed by atoms with Crippen LogP contribution in [-0.4, -0.2) is 27.7 Å². The molecule has 2 aromatic carbocycles. The summed E-state index contributed by atoms with van der Waals surface area (Å²) in [5.41, 5.74) is 2.76. The molecule has 0 radical (unpaired) electrons. The Morgan fingerprint density at radius 1 is 1.00 bits per heavy atom. The smallest absolute Gasteiger partial charge is 0.264 e. The third-order valence-electron chi connectivity index (χ3n) is 8.01. The largest absolute Gasteiger partial charge is 0.379 e. The predicted molar refractivity (Wildman–Crippen MR) is 121 cm³/mol. The van der Waals surface area contributed by atoms with Crippen molar-refractivity contribution < 1.29 is 13.2 Å². The van der Waals surface area contributed by atoms with Gasteiger partial charge in [0.15, 0.2) is 0 Å². The van der Waals surface area contributed by atoms with Gasteiger partial charge in [0.25, 0.3) is 10.0 Å². The zero-order valence-corrected chi connectivity index (χ0v) is 19.7. The van der Waals surface area contributed by atoms with Gasteiger partial charge in [0.05, 0.1) is 22.7 Å². The number of hydrogen-bond donors (Lipinski definition) is 0. The van der Waals surface area contributed by atoms with E-state index in [1.165, 1.54) is 0 Å². The summed E-state index contributed by atoms with van der Waals surface area (Å²) in [5, 5.41) is 0. The van der Waals surface area contributed by atoms with Crippen LogP contribution < -0.4 is 4.31 Å². The van der Waals surface area contributed by atoms with E-state index >= 15 is 0 Å². The molecule has 2 bridgehead atoms. The van der Waals surface area contributed by atoms with Crippen LogP contribution in [0.1, 0.15) is 44.7 Å². The second-order valence-corrected chi connectivity index (χ2v) is 11.7. The van der Waals surface area contributed by atoms with E-state index in [-0.39, 0.29) is 28.9 Å². The number of benzene rings is 2. The third kappa shape index (κ3) is 2.93. The highest BCUT2D eigenvalue weighted by Crippen LogP contribution is 2.67. The number of sulfonamides is 1. The number of anilines is 1. The van der Waals surface area contributed by atoms with Gasteiger partial charge in [0.2, 0.25) is 0 Å². The lowest BCUT2D eigenvalue weighted by Gasteiger charge is -2.42. The summed E-state index contributed by atoms with van der Waals surface area (Å²) in [6.45, 7) is 10.9. The number of fused-ring (bicyclic) bond motifs is 2. The van der Waals surface area contributed by atoms with Crippen molar-refractivity contribution in [2.75, 3.05) is 11.4 Å². The summed E-state index contributed by atoms with van der Waals surface area (Å²) in [5.74, 6) is 0.228. The van der Waals surface area contributed by atoms with Crippen molar-refractivity contribution in [2.45, 2.75) is 64.5 Å². The lowest BCUT2D eigenvalue weighted by Crippen LogP contribution is -2.53. The quantitative estimate of drug-likeness (QED) is 0.647. The monoisotopic (exact) mass is 427 g/mol.